The zero-order chi connectivity index (χ0) is 17.6. The number of para-hydroxylation sites is 1. The molecule has 0 saturated heterocycles. The number of rotatable bonds is 5. The number of nitrogens with one attached hydrogen (secondary N) is 2. The van der Waals surface area contributed by atoms with Gasteiger partial charge in [0.15, 0.2) is 5.11 Å². The second-order valence-corrected chi connectivity index (χ2v) is 5.10. The molecule has 0 saturated carbocycles. The second kappa shape index (κ2) is 7.87. The normalized spacial score (nSPS) is 10.8. The lowest BCUT2D eigenvalue weighted by Gasteiger charge is -2.15. The number of hydrogen-bond donors (Lipinski definition) is 2. The highest BCUT2D eigenvalue weighted by atomic mass is 32.1. The van der Waals surface area contributed by atoms with E-state index in [9.17, 15) is 13.2 Å². The summed E-state index contributed by atoms with van der Waals surface area (Å²) < 4.78 is 46.3. The van der Waals surface area contributed by atoms with Crippen molar-refractivity contribution in [2.24, 2.45) is 0 Å². The fourth-order valence-electron chi connectivity index (χ4n) is 1.93. The minimum atomic E-state index is -4.74. The van der Waals surface area contributed by atoms with Gasteiger partial charge < -0.3 is 20.1 Å². The Labute approximate surface area is 142 Å². The minimum absolute atomic E-state index is 0.0854. The van der Waals surface area contributed by atoms with E-state index in [-0.39, 0.29) is 17.4 Å². The summed E-state index contributed by atoms with van der Waals surface area (Å²) >= 11 is 5.14. The molecule has 0 heterocycles. The molecule has 0 bridgehead atoms. The average molecular weight is 356 g/mol. The maximum absolute atomic E-state index is 12.4. The molecule has 2 N–H and O–H groups in total. The van der Waals surface area contributed by atoms with Gasteiger partial charge in [-0.15, -0.1) is 13.2 Å². The number of hydrogen-bond acceptors (Lipinski definition) is 3. The summed E-state index contributed by atoms with van der Waals surface area (Å²) in [5.74, 6) is 0.397. The molecule has 0 atom stereocenters. The number of alkyl halides is 3. The molecule has 4 nitrogen and oxygen atoms in total. The lowest BCUT2D eigenvalue weighted by Crippen LogP contribution is -2.28. The Balaban J connectivity index is 1.96. The van der Waals surface area contributed by atoms with E-state index >= 15 is 0 Å². The third-order valence-corrected chi connectivity index (χ3v) is 3.21. The van der Waals surface area contributed by atoms with E-state index in [2.05, 4.69) is 15.4 Å². The lowest BCUT2D eigenvalue weighted by molar-refractivity contribution is -0.274. The van der Waals surface area contributed by atoms with Gasteiger partial charge in [0.1, 0.15) is 11.5 Å². The van der Waals surface area contributed by atoms with Gasteiger partial charge in [-0.2, -0.15) is 0 Å². The molecule has 2 aromatic carbocycles. The van der Waals surface area contributed by atoms with Crippen LogP contribution in [-0.2, 0) is 6.54 Å². The van der Waals surface area contributed by atoms with Crippen molar-refractivity contribution in [3.63, 3.8) is 0 Å². The Hall–Kier alpha value is -2.48. The monoisotopic (exact) mass is 356 g/mol. The molecule has 128 valence electrons. The van der Waals surface area contributed by atoms with E-state index in [1.165, 1.54) is 18.2 Å². The van der Waals surface area contributed by atoms with Crippen LogP contribution in [0.25, 0.3) is 0 Å². The van der Waals surface area contributed by atoms with Crippen LogP contribution in [0.5, 0.6) is 11.5 Å². The van der Waals surface area contributed by atoms with Crippen molar-refractivity contribution in [1.29, 1.82) is 0 Å². The van der Waals surface area contributed by atoms with Crippen LogP contribution in [0.3, 0.4) is 0 Å². The number of benzene rings is 2. The highest BCUT2D eigenvalue weighted by Crippen LogP contribution is 2.26. The summed E-state index contributed by atoms with van der Waals surface area (Å²) in [5, 5.41) is 6.04. The van der Waals surface area contributed by atoms with Gasteiger partial charge in [-0.1, -0.05) is 24.3 Å². The molecule has 0 aliphatic heterocycles. The Bertz CT molecular complexity index is 708. The highest BCUT2D eigenvalue weighted by Gasteiger charge is 2.31. The first-order chi connectivity index (χ1) is 11.4. The van der Waals surface area contributed by atoms with Gasteiger partial charge in [-0.25, -0.2) is 0 Å². The van der Waals surface area contributed by atoms with Crippen LogP contribution in [0.1, 0.15) is 5.56 Å². The summed E-state index contributed by atoms with van der Waals surface area (Å²) in [6.45, 7) is 0.0854. The fourth-order valence-corrected chi connectivity index (χ4v) is 2.12. The van der Waals surface area contributed by atoms with Crippen molar-refractivity contribution in [2.45, 2.75) is 12.9 Å². The fraction of sp³-hybridized carbons (Fsp3) is 0.188. The third kappa shape index (κ3) is 5.62. The molecule has 0 radical (unpaired) electrons. The summed E-state index contributed by atoms with van der Waals surface area (Å²) in [6.07, 6.45) is -4.74. The van der Waals surface area contributed by atoms with Crippen molar-refractivity contribution in [2.75, 3.05) is 12.4 Å². The van der Waals surface area contributed by atoms with Gasteiger partial charge in [-0.05, 0) is 30.4 Å². The van der Waals surface area contributed by atoms with Crippen molar-refractivity contribution >= 4 is 23.0 Å². The second-order valence-electron chi connectivity index (χ2n) is 4.70. The zero-order valence-electron chi connectivity index (χ0n) is 12.7. The molecular formula is C16H15F3N2O2S. The smallest absolute Gasteiger partial charge is 0.497 e. The van der Waals surface area contributed by atoms with Crippen LogP contribution in [0, 0.1) is 0 Å². The maximum atomic E-state index is 12.4. The van der Waals surface area contributed by atoms with E-state index in [4.69, 9.17) is 17.0 Å². The van der Waals surface area contributed by atoms with Gasteiger partial charge in [0.25, 0.3) is 0 Å². The molecule has 0 amide bonds. The standard InChI is InChI=1S/C16H15F3N2O2S/c1-22-13-7-4-6-12(9-13)21-15(24)20-10-11-5-2-3-8-14(11)23-16(17,18)19/h2-9H,10H2,1H3,(H2,20,21,24). The van der Waals surface area contributed by atoms with E-state index in [1.54, 1.807) is 37.4 Å². The molecular weight excluding hydrogens is 341 g/mol. The highest BCUT2D eigenvalue weighted by molar-refractivity contribution is 7.80. The maximum Gasteiger partial charge on any atom is 0.573 e. The lowest BCUT2D eigenvalue weighted by atomic mass is 10.2. The molecule has 8 heteroatoms. The summed E-state index contributed by atoms with van der Waals surface area (Å²) in [6, 6.07) is 13.0. The molecule has 2 aromatic rings. The first-order valence-electron chi connectivity index (χ1n) is 6.90. The number of halogens is 3. The van der Waals surface area contributed by atoms with Crippen molar-refractivity contribution in [3.8, 4) is 11.5 Å². The minimum Gasteiger partial charge on any atom is -0.497 e. The number of ether oxygens (including phenoxy) is 2. The van der Waals surface area contributed by atoms with E-state index in [0.29, 0.717) is 17.0 Å². The largest absolute Gasteiger partial charge is 0.573 e. The van der Waals surface area contributed by atoms with Gasteiger partial charge in [0.05, 0.1) is 7.11 Å². The topological polar surface area (TPSA) is 42.5 Å². The van der Waals surface area contributed by atoms with E-state index < -0.39 is 6.36 Å². The SMILES string of the molecule is COc1cccc(NC(=S)NCc2ccccc2OC(F)(F)F)c1. The Morgan fingerprint density at radius 3 is 2.58 bits per heavy atom. The molecule has 0 aliphatic rings. The van der Waals surface area contributed by atoms with Crippen LogP contribution in [0.4, 0.5) is 18.9 Å². The third-order valence-electron chi connectivity index (χ3n) is 2.97. The summed E-state index contributed by atoms with van der Waals surface area (Å²) in [4.78, 5) is 0. The van der Waals surface area contributed by atoms with Crippen molar-refractivity contribution in [1.82, 2.24) is 5.32 Å². The quantitative estimate of drug-likeness (QED) is 0.790. The van der Waals surface area contributed by atoms with Crippen LogP contribution >= 0.6 is 12.2 Å². The predicted octanol–water partition coefficient (Wildman–Crippen LogP) is 4.08. The number of methoxy groups -OCH3 is 1. The van der Waals surface area contributed by atoms with Crippen molar-refractivity contribution in [3.05, 3.63) is 54.1 Å². The van der Waals surface area contributed by atoms with Crippen LogP contribution in [-0.4, -0.2) is 18.6 Å². The summed E-state index contributed by atoms with van der Waals surface area (Å²) in [7, 11) is 1.55. The Morgan fingerprint density at radius 2 is 1.88 bits per heavy atom. The van der Waals surface area contributed by atoms with Gasteiger partial charge in [0.2, 0.25) is 0 Å². The molecule has 2 rings (SSSR count). The van der Waals surface area contributed by atoms with Gasteiger partial charge in [0, 0.05) is 23.9 Å². The molecule has 24 heavy (non-hydrogen) atoms. The first-order valence-corrected chi connectivity index (χ1v) is 7.31. The molecule has 0 spiro atoms. The van der Waals surface area contributed by atoms with Crippen LogP contribution < -0.4 is 20.1 Å². The van der Waals surface area contributed by atoms with Crippen LogP contribution in [0.2, 0.25) is 0 Å². The van der Waals surface area contributed by atoms with Crippen molar-refractivity contribution < 1.29 is 22.6 Å². The number of anilines is 1. The molecule has 0 unspecified atom stereocenters. The van der Waals surface area contributed by atoms with Crippen LogP contribution in [0.15, 0.2) is 48.5 Å². The van der Waals surface area contributed by atoms with E-state index in [0.717, 1.165) is 0 Å². The predicted molar refractivity (Wildman–Crippen MR) is 89.2 cm³/mol. The number of thiocarbonyl (C=S) groups is 1. The molecule has 0 fully saturated rings. The molecule has 0 aromatic heterocycles. The average Bonchev–Trinajstić information content (AvgIpc) is 2.53. The Morgan fingerprint density at radius 1 is 1.12 bits per heavy atom. The Kier molecular flexibility index (Phi) is 5.86. The first kappa shape index (κ1) is 17.9. The zero-order valence-corrected chi connectivity index (χ0v) is 13.5. The molecule has 0 aliphatic carbocycles. The van der Waals surface area contributed by atoms with Gasteiger partial charge in [-0.3, -0.25) is 0 Å². The van der Waals surface area contributed by atoms with E-state index in [1.807, 2.05) is 0 Å². The summed E-state index contributed by atoms with van der Waals surface area (Å²) in [5.41, 5.74) is 1.04. The van der Waals surface area contributed by atoms with Gasteiger partial charge >= 0.3 is 6.36 Å².